The van der Waals surface area contributed by atoms with Crippen LogP contribution in [0.4, 0.5) is 0 Å². The Balaban J connectivity index is 1.96. The van der Waals surface area contributed by atoms with Gasteiger partial charge in [-0.25, -0.2) is 0 Å². The van der Waals surface area contributed by atoms with Gasteiger partial charge in [0.25, 0.3) is 0 Å². The minimum atomic E-state index is -1.55. The molecule has 7 unspecified atom stereocenters. The molecule has 0 aromatic rings. The summed E-state index contributed by atoms with van der Waals surface area (Å²) in [7, 11) is 0. The molecule has 0 radical (unpaired) electrons. The Bertz CT molecular complexity index is 1280. The summed E-state index contributed by atoms with van der Waals surface area (Å²) >= 11 is 0. The average molecular weight is 942 g/mol. The van der Waals surface area contributed by atoms with Gasteiger partial charge in [-0.15, -0.1) is 0 Å². The maximum absolute atomic E-state index is 12.9. The van der Waals surface area contributed by atoms with E-state index in [9.17, 15) is 30.3 Å². The second-order valence-corrected chi connectivity index (χ2v) is 19.0. The van der Waals surface area contributed by atoms with Gasteiger partial charge in [-0.3, -0.25) is 4.79 Å². The Morgan fingerprint density at radius 1 is 0.522 bits per heavy atom. The van der Waals surface area contributed by atoms with Crippen LogP contribution in [-0.4, -0.2) is 87.5 Å². The summed E-state index contributed by atoms with van der Waals surface area (Å²) < 4.78 is 11.2. The second-order valence-electron chi connectivity index (χ2n) is 19.0. The molecule has 388 valence electrons. The topological polar surface area (TPSA) is 149 Å². The number of amides is 1. The molecule has 0 spiro atoms. The molecule has 1 amide bonds. The van der Waals surface area contributed by atoms with Gasteiger partial charge in [0, 0.05) is 6.42 Å². The number of ether oxygens (including phenoxy) is 2. The van der Waals surface area contributed by atoms with Crippen molar-refractivity contribution in [1.29, 1.82) is 0 Å². The Morgan fingerprint density at radius 2 is 0.925 bits per heavy atom. The SMILES string of the molecule is CC/C=C\C/C=C\C/C=C\C/C=C\C/C=C\C/C=C\CCCCCCCCCCCCCCCCCCCCCCC(=O)NC(COC1OC(CO)C(O)C(O)C1O)C(O)CCCCCCC. The van der Waals surface area contributed by atoms with Crippen LogP contribution in [-0.2, 0) is 14.3 Å². The van der Waals surface area contributed by atoms with Crippen LogP contribution in [0.25, 0.3) is 0 Å². The lowest BCUT2D eigenvalue weighted by Gasteiger charge is -2.40. The number of carbonyl (C=O) groups is 1. The molecule has 0 aromatic heterocycles. The first-order valence-electron chi connectivity index (χ1n) is 27.6. The van der Waals surface area contributed by atoms with Crippen molar-refractivity contribution in [2.75, 3.05) is 13.2 Å². The van der Waals surface area contributed by atoms with E-state index in [1.165, 1.54) is 116 Å². The lowest BCUT2D eigenvalue weighted by molar-refractivity contribution is -0.302. The zero-order valence-corrected chi connectivity index (χ0v) is 42.9. The van der Waals surface area contributed by atoms with Crippen molar-refractivity contribution >= 4 is 5.91 Å². The zero-order valence-electron chi connectivity index (χ0n) is 42.9. The van der Waals surface area contributed by atoms with Gasteiger partial charge in [0.1, 0.15) is 24.4 Å². The molecule has 1 heterocycles. The largest absolute Gasteiger partial charge is 0.394 e. The Morgan fingerprint density at radius 3 is 1.37 bits per heavy atom. The minimum Gasteiger partial charge on any atom is -0.394 e. The monoisotopic (exact) mass is 942 g/mol. The summed E-state index contributed by atoms with van der Waals surface area (Å²) in [4.78, 5) is 12.9. The van der Waals surface area contributed by atoms with E-state index in [1.807, 2.05) is 0 Å². The van der Waals surface area contributed by atoms with Crippen LogP contribution >= 0.6 is 0 Å². The lowest BCUT2D eigenvalue weighted by atomic mass is 9.99. The summed E-state index contributed by atoms with van der Waals surface area (Å²) in [5, 5.41) is 54.0. The highest BCUT2D eigenvalue weighted by Crippen LogP contribution is 2.23. The van der Waals surface area contributed by atoms with Crippen LogP contribution < -0.4 is 5.32 Å². The molecule has 6 N–H and O–H groups in total. The highest BCUT2D eigenvalue weighted by Gasteiger charge is 2.44. The molecule has 1 aliphatic heterocycles. The molecule has 9 heteroatoms. The quantitative estimate of drug-likeness (QED) is 0.0261. The van der Waals surface area contributed by atoms with E-state index < -0.39 is 49.5 Å². The molecule has 7 atom stereocenters. The zero-order chi connectivity index (χ0) is 48.7. The van der Waals surface area contributed by atoms with Crippen molar-refractivity contribution in [3.63, 3.8) is 0 Å². The molecule has 0 saturated carbocycles. The molecule has 0 aromatic carbocycles. The van der Waals surface area contributed by atoms with E-state index in [4.69, 9.17) is 9.47 Å². The third-order valence-corrected chi connectivity index (χ3v) is 12.8. The number of carbonyl (C=O) groups excluding carboxylic acids is 1. The lowest BCUT2D eigenvalue weighted by Crippen LogP contribution is -2.60. The van der Waals surface area contributed by atoms with Gasteiger partial charge < -0.3 is 40.3 Å². The number of aliphatic hydroxyl groups is 5. The smallest absolute Gasteiger partial charge is 0.220 e. The fourth-order valence-electron chi connectivity index (χ4n) is 8.46. The van der Waals surface area contributed by atoms with Gasteiger partial charge in [-0.2, -0.15) is 0 Å². The van der Waals surface area contributed by atoms with Crippen molar-refractivity contribution in [3.05, 3.63) is 72.9 Å². The van der Waals surface area contributed by atoms with Crippen molar-refractivity contribution in [3.8, 4) is 0 Å². The maximum Gasteiger partial charge on any atom is 0.220 e. The first kappa shape index (κ1) is 62.6. The summed E-state index contributed by atoms with van der Waals surface area (Å²) in [5.74, 6) is -0.151. The normalized spacial score (nSPS) is 20.3. The molecule has 1 aliphatic rings. The second kappa shape index (κ2) is 47.3. The number of allylic oxidation sites excluding steroid dienone is 12. The highest BCUT2D eigenvalue weighted by atomic mass is 16.7. The molecule has 1 rings (SSSR count). The number of aliphatic hydroxyl groups excluding tert-OH is 5. The van der Waals surface area contributed by atoms with Crippen LogP contribution in [0.2, 0.25) is 0 Å². The van der Waals surface area contributed by atoms with Gasteiger partial charge in [0.05, 0.1) is 25.4 Å². The number of hydrogen-bond donors (Lipinski definition) is 6. The molecule has 1 saturated heterocycles. The maximum atomic E-state index is 12.9. The van der Waals surface area contributed by atoms with Crippen LogP contribution in [0.1, 0.15) is 232 Å². The predicted molar refractivity (Wildman–Crippen MR) is 281 cm³/mol. The molecule has 0 aliphatic carbocycles. The van der Waals surface area contributed by atoms with Crippen molar-refractivity contribution in [2.24, 2.45) is 0 Å². The van der Waals surface area contributed by atoms with Crippen LogP contribution in [0.5, 0.6) is 0 Å². The molecule has 1 fully saturated rings. The Labute approximate surface area is 410 Å². The van der Waals surface area contributed by atoms with Crippen molar-refractivity contribution in [2.45, 2.75) is 275 Å². The average Bonchev–Trinajstić information content (AvgIpc) is 3.33. The first-order valence-corrected chi connectivity index (χ1v) is 27.6. The number of nitrogens with one attached hydrogen (secondary N) is 1. The van der Waals surface area contributed by atoms with Gasteiger partial charge in [0.15, 0.2) is 6.29 Å². The molecular weight excluding hydrogens is 839 g/mol. The molecule has 0 bridgehead atoms. The van der Waals surface area contributed by atoms with Crippen LogP contribution in [0.3, 0.4) is 0 Å². The van der Waals surface area contributed by atoms with Crippen LogP contribution in [0, 0.1) is 0 Å². The van der Waals surface area contributed by atoms with E-state index in [0.29, 0.717) is 12.8 Å². The summed E-state index contributed by atoms with van der Waals surface area (Å²) in [5.41, 5.74) is 0. The first-order chi connectivity index (χ1) is 32.8. The van der Waals surface area contributed by atoms with E-state index in [-0.39, 0.29) is 12.5 Å². The fourth-order valence-corrected chi connectivity index (χ4v) is 8.46. The minimum absolute atomic E-state index is 0.140. The standard InChI is InChI=1S/C58H103NO8/c1-3-5-7-9-10-11-12-13-14-15-16-17-18-19-20-21-22-23-24-25-26-27-28-29-30-31-32-33-34-35-36-37-38-39-40-41-42-44-46-48-54(62)59-51(52(61)47-45-43-8-6-4-2)50-66-58-57(65)56(64)55(63)53(49-60)67-58/h5,7,10-11,13-14,16-17,19-20,22-23,51-53,55-58,60-61,63-65H,3-4,6,8-9,12,15,18,21,24-50H2,1-2H3,(H,59,62)/b7-5-,11-10-,14-13-,17-16-,20-19-,23-22-. The third kappa shape index (κ3) is 37.2. The van der Waals surface area contributed by atoms with Gasteiger partial charge in [0.2, 0.25) is 5.91 Å². The highest BCUT2D eigenvalue weighted by molar-refractivity contribution is 5.76. The molecule has 9 nitrogen and oxygen atoms in total. The third-order valence-electron chi connectivity index (χ3n) is 12.8. The van der Waals surface area contributed by atoms with Crippen molar-refractivity contribution < 1.29 is 39.8 Å². The van der Waals surface area contributed by atoms with Gasteiger partial charge >= 0.3 is 0 Å². The van der Waals surface area contributed by atoms with E-state index in [0.717, 1.165) is 89.9 Å². The van der Waals surface area contributed by atoms with Crippen LogP contribution in [0.15, 0.2) is 72.9 Å². The van der Waals surface area contributed by atoms with Gasteiger partial charge in [-0.05, 0) is 64.2 Å². The Kier molecular flexibility index (Phi) is 44.2. The predicted octanol–water partition coefficient (Wildman–Crippen LogP) is 13.3. The molecule has 67 heavy (non-hydrogen) atoms. The summed E-state index contributed by atoms with van der Waals surface area (Å²) in [6, 6.07) is -0.715. The number of rotatable bonds is 46. The number of hydrogen-bond acceptors (Lipinski definition) is 8. The summed E-state index contributed by atoms with van der Waals surface area (Å²) in [6.45, 7) is 3.63. The molecular formula is C58H103NO8. The number of unbranched alkanes of at least 4 members (excludes halogenated alkanes) is 24. The fraction of sp³-hybridized carbons (Fsp3) is 0.776. The van der Waals surface area contributed by atoms with E-state index >= 15 is 0 Å². The Hall–Kier alpha value is -2.37. The van der Waals surface area contributed by atoms with Crippen molar-refractivity contribution in [1.82, 2.24) is 5.32 Å². The summed E-state index contributed by atoms with van der Waals surface area (Å²) in [6.07, 6.45) is 58.7. The van der Waals surface area contributed by atoms with Gasteiger partial charge in [-0.1, -0.05) is 234 Å². The van der Waals surface area contributed by atoms with E-state index in [2.05, 4.69) is 92.1 Å². The van der Waals surface area contributed by atoms with E-state index in [1.54, 1.807) is 0 Å².